The fraction of sp³-hybridized carbons (Fsp3) is 0.556. The van der Waals surface area contributed by atoms with E-state index in [0.717, 1.165) is 6.07 Å². The van der Waals surface area contributed by atoms with Crippen LogP contribution in [-0.4, -0.2) is 37.5 Å². The molecule has 0 bridgehead atoms. The fourth-order valence-electron chi connectivity index (χ4n) is 3.92. The summed E-state index contributed by atoms with van der Waals surface area (Å²) in [5, 5.41) is 0. The first-order valence-corrected chi connectivity index (χ1v) is 8.61. The van der Waals surface area contributed by atoms with Crippen LogP contribution in [0.15, 0.2) is 23.2 Å². The molecule has 1 saturated heterocycles. The van der Waals surface area contributed by atoms with Gasteiger partial charge in [0.2, 0.25) is 0 Å². The summed E-state index contributed by atoms with van der Waals surface area (Å²) in [7, 11) is 0. The standard InChI is InChI=1S/C18H19F3N2O3/c19-13-2-1-9(6-14(24)10-3-4-25-8-10)5-11(13)18(16(20)21)12-7-15(12)26-17(22)23-18/h1-2,5,10,12,15-16H,3-4,6-8H2,(H2,22,23)/t10-,12+,15-,18-/m1/s1. The van der Waals surface area contributed by atoms with Crippen molar-refractivity contribution in [1.82, 2.24) is 0 Å². The number of benzene rings is 1. The Balaban J connectivity index is 1.69. The molecule has 1 aliphatic carbocycles. The molecule has 0 amide bonds. The van der Waals surface area contributed by atoms with E-state index in [9.17, 15) is 18.0 Å². The van der Waals surface area contributed by atoms with Crippen molar-refractivity contribution >= 4 is 11.8 Å². The summed E-state index contributed by atoms with van der Waals surface area (Å²) < 4.78 is 53.1. The molecule has 4 rings (SSSR count). The van der Waals surface area contributed by atoms with E-state index in [0.29, 0.717) is 31.6 Å². The molecule has 0 unspecified atom stereocenters. The monoisotopic (exact) mass is 368 g/mol. The van der Waals surface area contributed by atoms with Gasteiger partial charge in [-0.15, -0.1) is 0 Å². The lowest BCUT2D eigenvalue weighted by atomic mass is 9.83. The molecule has 2 heterocycles. The number of nitrogens with zero attached hydrogens (tertiary/aromatic N) is 1. The number of hydrogen-bond acceptors (Lipinski definition) is 5. The van der Waals surface area contributed by atoms with Gasteiger partial charge in [-0.25, -0.2) is 18.2 Å². The maximum absolute atomic E-state index is 14.5. The SMILES string of the molecule is NC1=N[C@@](c2cc(CC(=O)[C@@H]3CCOC3)ccc2F)(C(F)F)[C@H]2C[C@H]2O1. The van der Waals surface area contributed by atoms with Crippen molar-refractivity contribution in [3.05, 3.63) is 35.1 Å². The number of hydrogen-bond donors (Lipinski definition) is 1. The molecule has 140 valence electrons. The van der Waals surface area contributed by atoms with Crippen LogP contribution in [-0.2, 0) is 26.2 Å². The highest BCUT2D eigenvalue weighted by Crippen LogP contribution is 2.56. The first kappa shape index (κ1) is 17.3. The van der Waals surface area contributed by atoms with E-state index in [1.807, 2.05) is 0 Å². The van der Waals surface area contributed by atoms with Crippen LogP contribution < -0.4 is 5.73 Å². The van der Waals surface area contributed by atoms with Crippen LogP contribution in [0.5, 0.6) is 0 Å². The molecule has 1 aromatic rings. The van der Waals surface area contributed by atoms with Crippen LogP contribution in [0.3, 0.4) is 0 Å². The smallest absolute Gasteiger partial charge is 0.283 e. The number of carbonyl (C=O) groups is 1. The molecular formula is C18H19F3N2O3. The molecular weight excluding hydrogens is 349 g/mol. The third-order valence-electron chi connectivity index (χ3n) is 5.42. The zero-order valence-corrected chi connectivity index (χ0v) is 14.0. The molecule has 2 N–H and O–H groups in total. The van der Waals surface area contributed by atoms with Crippen LogP contribution in [0.1, 0.15) is 24.0 Å². The number of halogens is 3. The quantitative estimate of drug-likeness (QED) is 0.865. The first-order valence-electron chi connectivity index (χ1n) is 8.61. The molecule has 5 nitrogen and oxygen atoms in total. The molecule has 26 heavy (non-hydrogen) atoms. The van der Waals surface area contributed by atoms with Crippen LogP contribution in [0.2, 0.25) is 0 Å². The van der Waals surface area contributed by atoms with E-state index in [-0.39, 0.29) is 29.7 Å². The van der Waals surface area contributed by atoms with E-state index in [1.165, 1.54) is 12.1 Å². The lowest BCUT2D eigenvalue weighted by molar-refractivity contribution is -0.122. The van der Waals surface area contributed by atoms with Crippen LogP contribution in [0, 0.1) is 17.7 Å². The van der Waals surface area contributed by atoms with Crippen molar-refractivity contribution in [1.29, 1.82) is 0 Å². The average molecular weight is 368 g/mol. The molecule has 1 saturated carbocycles. The maximum Gasteiger partial charge on any atom is 0.283 e. The third-order valence-corrected chi connectivity index (χ3v) is 5.42. The molecule has 2 fully saturated rings. The van der Waals surface area contributed by atoms with Crippen molar-refractivity contribution in [3.63, 3.8) is 0 Å². The predicted octanol–water partition coefficient (Wildman–Crippen LogP) is 2.17. The van der Waals surface area contributed by atoms with Gasteiger partial charge in [0, 0.05) is 30.4 Å². The molecule has 3 aliphatic rings. The van der Waals surface area contributed by atoms with Gasteiger partial charge in [-0.05, 0) is 30.5 Å². The molecule has 1 aromatic carbocycles. The number of Topliss-reactive ketones (excluding diaryl/α,β-unsaturated/α-hetero) is 1. The number of ketones is 1. The minimum absolute atomic E-state index is 0.0366. The Morgan fingerprint density at radius 1 is 1.42 bits per heavy atom. The highest BCUT2D eigenvalue weighted by molar-refractivity contribution is 5.83. The second-order valence-corrected chi connectivity index (χ2v) is 7.09. The third kappa shape index (κ3) is 2.76. The van der Waals surface area contributed by atoms with Crippen LogP contribution in [0.25, 0.3) is 0 Å². The Kier molecular flexibility index (Phi) is 4.17. The molecule has 0 spiro atoms. The van der Waals surface area contributed by atoms with Crippen molar-refractivity contribution in [2.75, 3.05) is 13.2 Å². The van der Waals surface area contributed by atoms with Gasteiger partial charge in [0.1, 0.15) is 17.7 Å². The Labute approximate surface area is 148 Å². The maximum atomic E-state index is 14.5. The van der Waals surface area contributed by atoms with Crippen molar-refractivity contribution in [3.8, 4) is 0 Å². The minimum atomic E-state index is -2.94. The average Bonchev–Trinajstić information content (AvgIpc) is 3.16. The van der Waals surface area contributed by atoms with Crippen molar-refractivity contribution < 1.29 is 27.4 Å². The number of carbonyl (C=O) groups excluding carboxylic acids is 1. The highest BCUT2D eigenvalue weighted by Gasteiger charge is 2.64. The summed E-state index contributed by atoms with van der Waals surface area (Å²) in [4.78, 5) is 16.2. The number of nitrogens with two attached hydrogens (primary N) is 1. The Morgan fingerprint density at radius 2 is 2.23 bits per heavy atom. The van der Waals surface area contributed by atoms with Crippen molar-refractivity contribution in [2.24, 2.45) is 22.6 Å². The minimum Gasteiger partial charge on any atom is -0.462 e. The van der Waals surface area contributed by atoms with Gasteiger partial charge in [-0.2, -0.15) is 0 Å². The lowest BCUT2D eigenvalue weighted by Gasteiger charge is -2.33. The molecule has 2 aliphatic heterocycles. The number of aliphatic imine (C=N–C) groups is 1. The van der Waals surface area contributed by atoms with Gasteiger partial charge in [-0.1, -0.05) is 6.07 Å². The number of rotatable bonds is 5. The summed E-state index contributed by atoms with van der Waals surface area (Å²) in [5.74, 6) is -1.64. The van der Waals surface area contributed by atoms with Crippen LogP contribution >= 0.6 is 0 Å². The van der Waals surface area contributed by atoms with E-state index >= 15 is 0 Å². The summed E-state index contributed by atoms with van der Waals surface area (Å²) in [5.41, 5.74) is 3.75. The molecule has 0 aromatic heterocycles. The van der Waals surface area contributed by atoms with Gasteiger partial charge in [0.15, 0.2) is 5.54 Å². The lowest BCUT2D eigenvalue weighted by Crippen LogP contribution is -2.43. The number of fused-ring (bicyclic) bond motifs is 1. The zero-order chi connectivity index (χ0) is 18.5. The normalized spacial score (nSPS) is 32.8. The van der Waals surface area contributed by atoms with Crippen molar-refractivity contribution in [2.45, 2.75) is 37.3 Å². The first-order chi connectivity index (χ1) is 12.4. The second-order valence-electron chi connectivity index (χ2n) is 7.09. The van der Waals surface area contributed by atoms with Gasteiger partial charge >= 0.3 is 0 Å². The topological polar surface area (TPSA) is 73.9 Å². The number of amidine groups is 1. The fourth-order valence-corrected chi connectivity index (χ4v) is 3.92. The largest absolute Gasteiger partial charge is 0.462 e. The van der Waals surface area contributed by atoms with Gasteiger partial charge in [-0.3, -0.25) is 4.79 Å². The van der Waals surface area contributed by atoms with Gasteiger partial charge in [0.05, 0.1) is 6.61 Å². The molecule has 4 atom stereocenters. The van der Waals surface area contributed by atoms with E-state index < -0.39 is 29.8 Å². The predicted molar refractivity (Wildman–Crippen MR) is 86.3 cm³/mol. The van der Waals surface area contributed by atoms with Crippen LogP contribution in [0.4, 0.5) is 13.2 Å². The summed E-state index contributed by atoms with van der Waals surface area (Å²) in [6, 6.07) is 3.54. The summed E-state index contributed by atoms with van der Waals surface area (Å²) >= 11 is 0. The van der Waals surface area contributed by atoms with Gasteiger partial charge < -0.3 is 15.2 Å². The number of alkyl halides is 2. The zero-order valence-electron chi connectivity index (χ0n) is 14.0. The second kappa shape index (κ2) is 6.26. The Morgan fingerprint density at radius 3 is 2.92 bits per heavy atom. The molecule has 0 radical (unpaired) electrons. The highest BCUT2D eigenvalue weighted by atomic mass is 19.3. The van der Waals surface area contributed by atoms with E-state index in [1.54, 1.807) is 0 Å². The molecule has 8 heteroatoms. The Hall–Kier alpha value is -2.09. The van der Waals surface area contributed by atoms with E-state index in [4.69, 9.17) is 15.2 Å². The van der Waals surface area contributed by atoms with Gasteiger partial charge in [0.25, 0.3) is 12.4 Å². The number of ether oxygens (including phenoxy) is 2. The summed E-state index contributed by atoms with van der Waals surface area (Å²) in [6.07, 6.45) is -2.37. The summed E-state index contributed by atoms with van der Waals surface area (Å²) in [6.45, 7) is 0.909. The Bertz CT molecular complexity index is 764. The van der Waals surface area contributed by atoms with E-state index in [2.05, 4.69) is 4.99 Å².